The van der Waals surface area contributed by atoms with Gasteiger partial charge in [0.25, 0.3) is 0 Å². The number of nitriles is 1. The molecule has 0 fully saturated rings. The van der Waals surface area contributed by atoms with Crippen LogP contribution in [0.25, 0.3) is 0 Å². The molecule has 0 aromatic carbocycles. The van der Waals surface area contributed by atoms with Gasteiger partial charge in [0.15, 0.2) is 0 Å². The summed E-state index contributed by atoms with van der Waals surface area (Å²) in [5.74, 6) is -1.62. The fraction of sp³-hybridized carbons (Fsp3) is 0.667. The minimum Gasteiger partial charge on any atom is -0.389 e. The first kappa shape index (κ1) is 13.4. The van der Waals surface area contributed by atoms with Crippen molar-refractivity contribution in [1.29, 1.82) is 5.26 Å². The van der Waals surface area contributed by atoms with E-state index in [-0.39, 0.29) is 13.1 Å². The third-order valence-corrected chi connectivity index (χ3v) is 1.49. The van der Waals surface area contributed by atoms with Gasteiger partial charge in [0.05, 0.1) is 11.7 Å². The van der Waals surface area contributed by atoms with E-state index in [9.17, 15) is 14.7 Å². The van der Waals surface area contributed by atoms with Crippen LogP contribution in [0, 0.1) is 11.3 Å². The molecule has 0 aliphatic heterocycles. The molecule has 0 aromatic rings. The number of amides is 2. The van der Waals surface area contributed by atoms with Crippen molar-refractivity contribution in [2.24, 2.45) is 0 Å². The van der Waals surface area contributed by atoms with Crippen molar-refractivity contribution in [3.05, 3.63) is 0 Å². The molecule has 0 aliphatic carbocycles. The lowest BCUT2D eigenvalue weighted by Gasteiger charge is -2.24. The largest absolute Gasteiger partial charge is 0.389 e. The van der Waals surface area contributed by atoms with Gasteiger partial charge in [-0.25, -0.2) is 0 Å². The van der Waals surface area contributed by atoms with Crippen molar-refractivity contribution in [2.45, 2.75) is 19.4 Å². The van der Waals surface area contributed by atoms with Crippen molar-refractivity contribution < 1.29 is 14.7 Å². The van der Waals surface area contributed by atoms with Gasteiger partial charge < -0.3 is 15.3 Å². The molecule has 2 N–H and O–H groups in total. The molecule has 0 bridgehead atoms. The Bertz CT molecular complexity index is 288. The summed E-state index contributed by atoms with van der Waals surface area (Å²) in [4.78, 5) is 23.5. The predicted molar refractivity (Wildman–Crippen MR) is 52.6 cm³/mol. The molecule has 0 radical (unpaired) electrons. The van der Waals surface area contributed by atoms with E-state index in [2.05, 4.69) is 5.32 Å². The Morgan fingerprint density at radius 1 is 1.53 bits per heavy atom. The molecule has 0 unspecified atom stereocenters. The van der Waals surface area contributed by atoms with Gasteiger partial charge in [0, 0.05) is 13.6 Å². The zero-order valence-corrected chi connectivity index (χ0v) is 9.07. The fourth-order valence-electron chi connectivity index (χ4n) is 1.02. The molecule has 0 rings (SSSR count). The van der Waals surface area contributed by atoms with Crippen molar-refractivity contribution in [1.82, 2.24) is 10.2 Å². The van der Waals surface area contributed by atoms with E-state index in [1.54, 1.807) is 6.07 Å². The Morgan fingerprint density at radius 3 is 2.47 bits per heavy atom. The third-order valence-electron chi connectivity index (χ3n) is 1.49. The predicted octanol–water partition coefficient (Wildman–Crippen LogP) is -1.14. The van der Waals surface area contributed by atoms with Crippen LogP contribution in [0.1, 0.15) is 13.8 Å². The third kappa shape index (κ3) is 5.65. The van der Waals surface area contributed by atoms with Crippen LogP contribution in [0.5, 0.6) is 0 Å². The Kier molecular flexibility index (Phi) is 4.74. The lowest BCUT2D eigenvalue weighted by molar-refractivity contribution is -0.146. The molecule has 84 valence electrons. The Hall–Kier alpha value is -1.61. The number of hydrogen-bond acceptors (Lipinski definition) is 4. The minimum absolute atomic E-state index is 0.0474. The van der Waals surface area contributed by atoms with E-state index in [4.69, 9.17) is 5.26 Å². The summed E-state index contributed by atoms with van der Waals surface area (Å²) in [6.07, 6.45) is 0. The average Bonchev–Trinajstić information content (AvgIpc) is 2.10. The Labute approximate surface area is 88.5 Å². The molecule has 6 nitrogen and oxygen atoms in total. The first-order valence-electron chi connectivity index (χ1n) is 4.40. The van der Waals surface area contributed by atoms with E-state index >= 15 is 0 Å². The van der Waals surface area contributed by atoms with Crippen molar-refractivity contribution in [2.75, 3.05) is 20.1 Å². The SMILES string of the molecule is CN(CC(C)(C)O)C(=O)C(=O)NCC#N. The van der Waals surface area contributed by atoms with Crippen LogP contribution < -0.4 is 5.32 Å². The van der Waals surface area contributed by atoms with Crippen LogP contribution in [0.4, 0.5) is 0 Å². The highest BCUT2D eigenvalue weighted by Gasteiger charge is 2.23. The van der Waals surface area contributed by atoms with Gasteiger partial charge in [-0.1, -0.05) is 0 Å². The van der Waals surface area contributed by atoms with Gasteiger partial charge in [0.2, 0.25) is 0 Å². The van der Waals surface area contributed by atoms with Crippen molar-refractivity contribution >= 4 is 11.8 Å². The molecular formula is C9H15N3O3. The molecule has 0 atom stereocenters. The molecule has 6 heteroatoms. The van der Waals surface area contributed by atoms with Crippen LogP contribution >= 0.6 is 0 Å². The van der Waals surface area contributed by atoms with Gasteiger partial charge >= 0.3 is 11.8 Å². The second kappa shape index (κ2) is 5.32. The number of hydrogen-bond donors (Lipinski definition) is 2. The monoisotopic (exact) mass is 213 g/mol. The molecule has 0 saturated carbocycles. The first-order chi connectivity index (χ1) is 6.78. The molecule has 15 heavy (non-hydrogen) atoms. The normalized spacial score (nSPS) is 10.3. The molecular weight excluding hydrogens is 198 g/mol. The maximum atomic E-state index is 11.3. The number of likely N-dealkylation sites (N-methyl/N-ethyl adjacent to an activating group) is 1. The number of nitrogens with zero attached hydrogens (tertiary/aromatic N) is 2. The summed E-state index contributed by atoms with van der Waals surface area (Å²) in [5.41, 5.74) is -1.06. The van der Waals surface area contributed by atoms with E-state index < -0.39 is 17.4 Å². The Morgan fingerprint density at radius 2 is 2.07 bits per heavy atom. The molecule has 0 spiro atoms. The van der Waals surface area contributed by atoms with Crippen LogP contribution in [0.2, 0.25) is 0 Å². The molecule has 0 heterocycles. The molecule has 2 amide bonds. The van der Waals surface area contributed by atoms with Gasteiger partial charge in [-0.05, 0) is 13.8 Å². The Balaban J connectivity index is 4.21. The maximum Gasteiger partial charge on any atom is 0.311 e. The van der Waals surface area contributed by atoms with Gasteiger partial charge in [0.1, 0.15) is 6.54 Å². The minimum atomic E-state index is -1.06. The highest BCUT2D eigenvalue weighted by atomic mass is 16.3. The summed E-state index contributed by atoms with van der Waals surface area (Å²) in [5, 5.41) is 19.7. The fourth-order valence-corrected chi connectivity index (χ4v) is 1.02. The topological polar surface area (TPSA) is 93.4 Å². The van der Waals surface area contributed by atoms with E-state index in [1.807, 2.05) is 0 Å². The first-order valence-corrected chi connectivity index (χ1v) is 4.40. The zero-order chi connectivity index (χ0) is 12.1. The number of rotatable bonds is 3. The molecule has 0 saturated heterocycles. The number of carbonyl (C=O) groups is 2. The number of carbonyl (C=O) groups excluding carboxylic acids is 2. The van der Waals surface area contributed by atoms with Gasteiger partial charge in [-0.3, -0.25) is 9.59 Å². The quantitative estimate of drug-likeness (QED) is 0.457. The van der Waals surface area contributed by atoms with E-state index in [0.29, 0.717) is 0 Å². The lowest BCUT2D eigenvalue weighted by atomic mass is 10.1. The van der Waals surface area contributed by atoms with E-state index in [0.717, 1.165) is 4.90 Å². The standard InChI is InChI=1S/C9H15N3O3/c1-9(2,15)6-12(3)8(14)7(13)11-5-4-10/h15H,5-6H2,1-3H3,(H,11,13). The van der Waals surface area contributed by atoms with Crippen LogP contribution in [0.3, 0.4) is 0 Å². The molecule has 0 aromatic heterocycles. The summed E-state index contributed by atoms with van der Waals surface area (Å²) < 4.78 is 0. The summed E-state index contributed by atoms with van der Waals surface area (Å²) in [7, 11) is 1.41. The zero-order valence-electron chi connectivity index (χ0n) is 9.07. The smallest absolute Gasteiger partial charge is 0.311 e. The lowest BCUT2D eigenvalue weighted by Crippen LogP contribution is -2.46. The molecule has 0 aliphatic rings. The average molecular weight is 213 g/mol. The van der Waals surface area contributed by atoms with E-state index in [1.165, 1.54) is 20.9 Å². The van der Waals surface area contributed by atoms with Crippen molar-refractivity contribution in [3.8, 4) is 6.07 Å². The summed E-state index contributed by atoms with van der Waals surface area (Å²) in [6.45, 7) is 2.90. The van der Waals surface area contributed by atoms with Crippen molar-refractivity contribution in [3.63, 3.8) is 0 Å². The number of nitrogens with one attached hydrogen (secondary N) is 1. The summed E-state index contributed by atoms with van der Waals surface area (Å²) in [6, 6.07) is 1.69. The van der Waals surface area contributed by atoms with Crippen LogP contribution in [0.15, 0.2) is 0 Å². The second-order valence-corrected chi connectivity index (χ2v) is 3.81. The van der Waals surface area contributed by atoms with Crippen LogP contribution in [-0.4, -0.2) is 47.6 Å². The van der Waals surface area contributed by atoms with Crippen LogP contribution in [-0.2, 0) is 9.59 Å². The van der Waals surface area contributed by atoms with Gasteiger partial charge in [-0.2, -0.15) is 5.26 Å². The highest BCUT2D eigenvalue weighted by molar-refractivity contribution is 6.34. The number of aliphatic hydroxyl groups is 1. The maximum absolute atomic E-state index is 11.3. The highest BCUT2D eigenvalue weighted by Crippen LogP contribution is 2.02. The second-order valence-electron chi connectivity index (χ2n) is 3.81. The van der Waals surface area contributed by atoms with Gasteiger partial charge in [-0.15, -0.1) is 0 Å². The summed E-state index contributed by atoms with van der Waals surface area (Å²) >= 11 is 0.